The van der Waals surface area contributed by atoms with Crippen LogP contribution in [-0.4, -0.2) is 18.9 Å². The van der Waals surface area contributed by atoms with Gasteiger partial charge < -0.3 is 9.47 Å². The summed E-state index contributed by atoms with van der Waals surface area (Å²) in [5.74, 6) is -0.110. The van der Waals surface area contributed by atoms with Crippen molar-refractivity contribution < 1.29 is 14.3 Å². The molecule has 0 aliphatic carbocycles. The van der Waals surface area contributed by atoms with Gasteiger partial charge in [-0.2, -0.15) is 0 Å². The summed E-state index contributed by atoms with van der Waals surface area (Å²) in [4.78, 5) is 11.9. The lowest BCUT2D eigenvalue weighted by molar-refractivity contribution is -0.179. The maximum absolute atomic E-state index is 11.9. The molecule has 3 heteroatoms. The second-order valence-electron chi connectivity index (χ2n) is 7.89. The topological polar surface area (TPSA) is 35.5 Å². The van der Waals surface area contributed by atoms with Crippen LogP contribution < -0.4 is 0 Å². The van der Waals surface area contributed by atoms with Crippen molar-refractivity contribution in [2.45, 2.75) is 136 Å². The third-order valence-corrected chi connectivity index (χ3v) is 5.04. The second-order valence-corrected chi connectivity index (χ2v) is 7.89. The Kier molecular flexibility index (Phi) is 21.8. The van der Waals surface area contributed by atoms with Gasteiger partial charge in [0, 0.05) is 12.8 Å². The van der Waals surface area contributed by atoms with Gasteiger partial charge in [0.05, 0.1) is 6.61 Å². The zero-order valence-corrected chi connectivity index (χ0v) is 19.2. The molecule has 0 bridgehead atoms. The minimum atomic E-state index is -0.359. The number of ether oxygens (including phenoxy) is 2. The number of carbonyl (C=O) groups excluding carboxylic acids is 1. The Bertz CT molecular complexity index is 352. The molecule has 0 heterocycles. The van der Waals surface area contributed by atoms with Gasteiger partial charge in [0.25, 0.3) is 0 Å². The Hall–Kier alpha value is -0.830. The van der Waals surface area contributed by atoms with Crippen LogP contribution >= 0.6 is 0 Å². The Morgan fingerprint density at radius 2 is 1.25 bits per heavy atom. The fraction of sp³-hybridized carbons (Fsp3) is 0.880. The summed E-state index contributed by atoms with van der Waals surface area (Å²) in [5.41, 5.74) is 0. The molecule has 0 spiro atoms. The molecule has 0 aliphatic heterocycles. The summed E-state index contributed by atoms with van der Waals surface area (Å²) < 4.78 is 11.0. The Labute approximate surface area is 175 Å². The first-order valence-corrected chi connectivity index (χ1v) is 12.2. The van der Waals surface area contributed by atoms with E-state index in [0.29, 0.717) is 13.0 Å². The van der Waals surface area contributed by atoms with Gasteiger partial charge in [0.15, 0.2) is 0 Å². The van der Waals surface area contributed by atoms with E-state index in [2.05, 4.69) is 26.0 Å². The highest BCUT2D eigenvalue weighted by Crippen LogP contribution is 2.11. The Balaban J connectivity index is 3.39. The van der Waals surface area contributed by atoms with Crippen LogP contribution in [0.4, 0.5) is 0 Å². The van der Waals surface area contributed by atoms with Gasteiger partial charge in [-0.15, -0.1) is 0 Å². The highest BCUT2D eigenvalue weighted by Gasteiger charge is 2.12. The molecule has 1 unspecified atom stereocenters. The maximum Gasteiger partial charge on any atom is 0.308 e. The zero-order chi connectivity index (χ0) is 20.7. The molecule has 0 amide bonds. The monoisotopic (exact) mass is 396 g/mol. The molecule has 28 heavy (non-hydrogen) atoms. The molecular weight excluding hydrogens is 348 g/mol. The highest BCUT2D eigenvalue weighted by atomic mass is 16.7. The average Bonchev–Trinajstić information content (AvgIpc) is 2.70. The van der Waals surface area contributed by atoms with Crippen LogP contribution in [0.5, 0.6) is 0 Å². The van der Waals surface area contributed by atoms with Crippen molar-refractivity contribution in [1.82, 2.24) is 0 Å². The lowest BCUT2D eigenvalue weighted by Gasteiger charge is -2.16. The third kappa shape index (κ3) is 19.9. The normalized spacial score (nSPS) is 12.5. The van der Waals surface area contributed by atoms with Crippen LogP contribution in [0.1, 0.15) is 130 Å². The minimum Gasteiger partial charge on any atom is -0.436 e. The predicted molar refractivity (Wildman–Crippen MR) is 120 cm³/mol. The average molecular weight is 397 g/mol. The summed E-state index contributed by atoms with van der Waals surface area (Å²) in [5, 5.41) is 0. The molecule has 0 aromatic carbocycles. The molecule has 0 aromatic rings. The van der Waals surface area contributed by atoms with Crippen LogP contribution in [-0.2, 0) is 14.3 Å². The highest BCUT2D eigenvalue weighted by molar-refractivity contribution is 5.69. The molecule has 0 aromatic heterocycles. The fourth-order valence-corrected chi connectivity index (χ4v) is 3.14. The molecule has 0 N–H and O–H groups in total. The van der Waals surface area contributed by atoms with Gasteiger partial charge in [0.1, 0.15) is 0 Å². The molecular formula is C25H48O3. The molecule has 0 aliphatic rings. The van der Waals surface area contributed by atoms with Crippen molar-refractivity contribution in [3.63, 3.8) is 0 Å². The van der Waals surface area contributed by atoms with E-state index in [-0.39, 0.29) is 12.3 Å². The van der Waals surface area contributed by atoms with Gasteiger partial charge in [-0.1, -0.05) is 90.7 Å². The Morgan fingerprint density at radius 1 is 0.714 bits per heavy atom. The molecule has 0 fully saturated rings. The molecule has 1 atom stereocenters. The molecule has 166 valence electrons. The van der Waals surface area contributed by atoms with Gasteiger partial charge >= 0.3 is 5.97 Å². The van der Waals surface area contributed by atoms with E-state index in [9.17, 15) is 4.79 Å². The lowest BCUT2D eigenvalue weighted by Crippen LogP contribution is -2.21. The van der Waals surface area contributed by atoms with Crippen LogP contribution in [0, 0.1) is 0 Å². The minimum absolute atomic E-state index is 0.110. The number of carbonyl (C=O) groups is 1. The van der Waals surface area contributed by atoms with Gasteiger partial charge in [0.2, 0.25) is 6.29 Å². The third-order valence-electron chi connectivity index (χ3n) is 5.04. The number of rotatable bonds is 21. The molecule has 0 saturated carbocycles. The van der Waals surface area contributed by atoms with E-state index in [0.717, 1.165) is 32.1 Å². The summed E-state index contributed by atoms with van der Waals surface area (Å²) in [7, 11) is 0. The second kappa shape index (κ2) is 22.5. The van der Waals surface area contributed by atoms with Crippen molar-refractivity contribution in [3.05, 3.63) is 12.2 Å². The van der Waals surface area contributed by atoms with Gasteiger partial charge in [-0.05, 0) is 38.5 Å². The first-order valence-electron chi connectivity index (χ1n) is 12.2. The van der Waals surface area contributed by atoms with Gasteiger partial charge in [-0.25, -0.2) is 0 Å². The van der Waals surface area contributed by atoms with Crippen molar-refractivity contribution in [2.24, 2.45) is 0 Å². The van der Waals surface area contributed by atoms with E-state index in [1.807, 2.05) is 6.92 Å². The first-order chi connectivity index (χ1) is 13.7. The SMILES string of the molecule is CCCCCCCC/C=C\CCCCCCCC(=O)OC(CC)OCCCC. The predicted octanol–water partition coefficient (Wildman–Crippen LogP) is 8.12. The summed E-state index contributed by atoms with van der Waals surface area (Å²) in [6, 6.07) is 0. The van der Waals surface area contributed by atoms with E-state index in [4.69, 9.17) is 9.47 Å². The number of hydrogen-bond acceptors (Lipinski definition) is 3. The van der Waals surface area contributed by atoms with Crippen molar-refractivity contribution in [3.8, 4) is 0 Å². The van der Waals surface area contributed by atoms with E-state index in [1.54, 1.807) is 0 Å². The molecule has 0 radical (unpaired) electrons. The first kappa shape index (κ1) is 27.2. The van der Waals surface area contributed by atoms with Crippen molar-refractivity contribution in [1.29, 1.82) is 0 Å². The van der Waals surface area contributed by atoms with Crippen LogP contribution in [0.2, 0.25) is 0 Å². The number of allylic oxidation sites excluding steroid dienone is 2. The van der Waals surface area contributed by atoms with Crippen LogP contribution in [0.15, 0.2) is 12.2 Å². The fourth-order valence-electron chi connectivity index (χ4n) is 3.14. The molecule has 0 saturated heterocycles. The van der Waals surface area contributed by atoms with Crippen molar-refractivity contribution >= 4 is 5.97 Å². The Morgan fingerprint density at radius 3 is 1.82 bits per heavy atom. The standard InChI is InChI=1S/C25H48O3/c1-4-7-9-10-11-12-13-14-15-16-17-18-19-20-21-22-24(26)28-25(6-3)27-23-8-5-2/h14-15,25H,4-13,16-23H2,1-3H3/b15-14-. The summed E-state index contributed by atoms with van der Waals surface area (Å²) in [6.07, 6.45) is 24.2. The largest absolute Gasteiger partial charge is 0.436 e. The quantitative estimate of drug-likeness (QED) is 0.0850. The van der Waals surface area contributed by atoms with E-state index < -0.39 is 0 Å². The lowest BCUT2D eigenvalue weighted by atomic mass is 10.1. The number of hydrogen-bond donors (Lipinski definition) is 0. The van der Waals surface area contributed by atoms with Gasteiger partial charge in [-0.3, -0.25) is 4.79 Å². The number of unbranched alkanes of at least 4 members (excludes halogenated alkanes) is 12. The zero-order valence-electron chi connectivity index (χ0n) is 19.2. The molecule has 3 nitrogen and oxygen atoms in total. The summed E-state index contributed by atoms with van der Waals surface area (Å²) in [6.45, 7) is 7.06. The smallest absolute Gasteiger partial charge is 0.308 e. The van der Waals surface area contributed by atoms with Crippen LogP contribution in [0.3, 0.4) is 0 Å². The van der Waals surface area contributed by atoms with E-state index in [1.165, 1.54) is 70.6 Å². The summed E-state index contributed by atoms with van der Waals surface area (Å²) >= 11 is 0. The molecule has 0 rings (SSSR count). The van der Waals surface area contributed by atoms with E-state index >= 15 is 0 Å². The number of esters is 1. The van der Waals surface area contributed by atoms with Crippen molar-refractivity contribution in [2.75, 3.05) is 6.61 Å². The van der Waals surface area contributed by atoms with Crippen LogP contribution in [0.25, 0.3) is 0 Å². The maximum atomic E-state index is 11.9.